The van der Waals surface area contributed by atoms with E-state index in [1.807, 2.05) is 13.8 Å². The van der Waals surface area contributed by atoms with Crippen LogP contribution in [0.2, 0.25) is 5.02 Å². The number of hydrogen-bond acceptors (Lipinski definition) is 7. The van der Waals surface area contributed by atoms with Crippen LogP contribution in [0.3, 0.4) is 0 Å². The topological polar surface area (TPSA) is 120 Å². The van der Waals surface area contributed by atoms with Gasteiger partial charge in [-0.3, -0.25) is 4.79 Å². The van der Waals surface area contributed by atoms with E-state index in [0.29, 0.717) is 17.2 Å². The van der Waals surface area contributed by atoms with Crippen molar-refractivity contribution in [1.82, 2.24) is 9.97 Å². The van der Waals surface area contributed by atoms with E-state index >= 15 is 0 Å². The molecule has 2 aromatic carbocycles. The molecule has 1 amide bonds. The Kier molecular flexibility index (Phi) is 7.16. The second-order valence-electron chi connectivity index (χ2n) is 6.81. The van der Waals surface area contributed by atoms with Crippen molar-refractivity contribution < 1.29 is 22.7 Å². The maximum absolute atomic E-state index is 12.7. The first kappa shape index (κ1) is 23.3. The predicted molar refractivity (Wildman–Crippen MR) is 121 cm³/mol. The summed E-state index contributed by atoms with van der Waals surface area (Å²) < 4.78 is 38.1. The van der Waals surface area contributed by atoms with Crippen molar-refractivity contribution in [1.29, 1.82) is 0 Å². The van der Waals surface area contributed by atoms with Crippen molar-refractivity contribution in [2.24, 2.45) is 0 Å². The molecule has 32 heavy (non-hydrogen) atoms. The van der Waals surface area contributed by atoms with Gasteiger partial charge in [0.05, 0.1) is 23.1 Å². The molecular weight excluding hydrogens is 456 g/mol. The number of sulfonamides is 1. The monoisotopic (exact) mass is 476 g/mol. The Hall–Kier alpha value is -3.37. The molecule has 0 aliphatic rings. The summed E-state index contributed by atoms with van der Waals surface area (Å²) in [6.45, 7) is 3.70. The summed E-state index contributed by atoms with van der Waals surface area (Å²) in [5.74, 6) is 0.186. The molecule has 0 saturated heterocycles. The number of amides is 1. The van der Waals surface area contributed by atoms with Crippen LogP contribution < -0.4 is 19.5 Å². The fourth-order valence-electron chi connectivity index (χ4n) is 2.65. The van der Waals surface area contributed by atoms with E-state index in [1.165, 1.54) is 55.9 Å². The zero-order valence-electron chi connectivity index (χ0n) is 17.5. The minimum atomic E-state index is -3.88. The summed E-state index contributed by atoms with van der Waals surface area (Å²) in [6, 6.07) is 10.2. The molecule has 2 N–H and O–H groups in total. The lowest BCUT2D eigenvalue weighted by atomic mass is 10.1. The molecule has 0 radical (unpaired) electrons. The molecule has 0 aliphatic carbocycles. The maximum Gasteiger partial charge on any atom is 0.264 e. The van der Waals surface area contributed by atoms with Gasteiger partial charge in [0.25, 0.3) is 15.9 Å². The highest BCUT2D eigenvalue weighted by Gasteiger charge is 2.18. The molecule has 11 heteroatoms. The number of hydrogen-bond donors (Lipinski definition) is 2. The van der Waals surface area contributed by atoms with Gasteiger partial charge in [-0.25, -0.2) is 23.1 Å². The zero-order valence-corrected chi connectivity index (χ0v) is 19.1. The number of carbonyl (C=O) groups excluding carboxylic acids is 1. The van der Waals surface area contributed by atoms with E-state index in [4.69, 9.17) is 21.1 Å². The summed E-state index contributed by atoms with van der Waals surface area (Å²) >= 11 is 6.27. The van der Waals surface area contributed by atoms with Gasteiger partial charge >= 0.3 is 0 Å². The molecule has 1 heterocycles. The lowest BCUT2D eigenvalue weighted by molar-refractivity contribution is 0.102. The molecule has 0 fully saturated rings. The van der Waals surface area contributed by atoms with Gasteiger partial charge in [-0.15, -0.1) is 0 Å². The van der Waals surface area contributed by atoms with Crippen molar-refractivity contribution in [3.8, 4) is 11.5 Å². The van der Waals surface area contributed by atoms with Crippen LogP contribution in [0.1, 0.15) is 24.2 Å². The van der Waals surface area contributed by atoms with Gasteiger partial charge < -0.3 is 14.8 Å². The molecule has 0 bridgehead atoms. The fourth-order valence-corrected chi connectivity index (χ4v) is 3.87. The minimum absolute atomic E-state index is 0.0112. The van der Waals surface area contributed by atoms with Crippen LogP contribution in [-0.2, 0) is 10.0 Å². The first-order valence-corrected chi connectivity index (χ1v) is 11.3. The van der Waals surface area contributed by atoms with Gasteiger partial charge in [0.1, 0.15) is 0 Å². The number of carbonyl (C=O) groups is 1. The van der Waals surface area contributed by atoms with Crippen LogP contribution in [0, 0.1) is 0 Å². The number of methoxy groups -OCH3 is 1. The lowest BCUT2D eigenvalue weighted by Gasteiger charge is -2.16. The van der Waals surface area contributed by atoms with Crippen LogP contribution in [-0.4, -0.2) is 37.5 Å². The van der Waals surface area contributed by atoms with Crippen LogP contribution in [0.25, 0.3) is 0 Å². The summed E-state index contributed by atoms with van der Waals surface area (Å²) in [6.07, 6.45) is 2.72. The number of ether oxygens (including phenoxy) is 2. The Balaban J connectivity index is 1.75. The molecule has 1 aromatic heterocycles. The van der Waals surface area contributed by atoms with Crippen molar-refractivity contribution in [2.45, 2.75) is 24.8 Å². The van der Waals surface area contributed by atoms with E-state index in [2.05, 4.69) is 20.0 Å². The molecular formula is C21H21ClN4O5S. The molecule has 0 unspecified atom stereocenters. The van der Waals surface area contributed by atoms with Gasteiger partial charge in [0, 0.05) is 23.6 Å². The van der Waals surface area contributed by atoms with Crippen molar-refractivity contribution in [3.63, 3.8) is 0 Å². The highest BCUT2D eigenvalue weighted by Crippen LogP contribution is 2.37. The Morgan fingerprint density at radius 2 is 1.75 bits per heavy atom. The smallest absolute Gasteiger partial charge is 0.264 e. The maximum atomic E-state index is 12.7. The van der Waals surface area contributed by atoms with Gasteiger partial charge in [-0.1, -0.05) is 11.6 Å². The second-order valence-corrected chi connectivity index (χ2v) is 8.90. The van der Waals surface area contributed by atoms with E-state index in [1.54, 1.807) is 6.07 Å². The molecule has 168 valence electrons. The molecule has 3 aromatic rings. The van der Waals surface area contributed by atoms with Gasteiger partial charge in [0.2, 0.25) is 5.95 Å². The molecule has 9 nitrogen and oxygen atoms in total. The third-order valence-corrected chi connectivity index (χ3v) is 5.68. The SMILES string of the molecule is COc1cc(C(=O)Nc2ccc(S(=O)(=O)Nc3ncccn3)cc2)cc(Cl)c1OC(C)C. The van der Waals surface area contributed by atoms with Crippen LogP contribution in [0.5, 0.6) is 11.5 Å². The van der Waals surface area contributed by atoms with Gasteiger partial charge in [-0.2, -0.15) is 0 Å². The number of halogens is 1. The minimum Gasteiger partial charge on any atom is -0.493 e. The predicted octanol–water partition coefficient (Wildman–Crippen LogP) is 3.98. The average Bonchev–Trinajstić information content (AvgIpc) is 2.75. The number of benzene rings is 2. The van der Waals surface area contributed by atoms with E-state index in [0.717, 1.165) is 0 Å². The molecule has 0 saturated carbocycles. The summed E-state index contributed by atoms with van der Waals surface area (Å²) in [5, 5.41) is 2.93. The third kappa shape index (κ3) is 5.65. The van der Waals surface area contributed by atoms with Crippen molar-refractivity contribution in [3.05, 3.63) is 65.4 Å². The number of nitrogens with one attached hydrogen (secondary N) is 2. The third-order valence-electron chi connectivity index (χ3n) is 4.06. The van der Waals surface area contributed by atoms with Crippen molar-refractivity contribution >= 4 is 39.2 Å². The second kappa shape index (κ2) is 9.84. The first-order chi connectivity index (χ1) is 15.2. The molecule has 0 spiro atoms. The van der Waals surface area contributed by atoms with Gasteiger partial charge in [0.15, 0.2) is 11.5 Å². The van der Waals surface area contributed by atoms with E-state index < -0.39 is 15.9 Å². The van der Waals surface area contributed by atoms with Crippen LogP contribution in [0.15, 0.2) is 59.8 Å². The van der Waals surface area contributed by atoms with Gasteiger partial charge in [-0.05, 0) is 56.3 Å². The molecule has 0 aliphatic heterocycles. The molecule has 0 atom stereocenters. The highest BCUT2D eigenvalue weighted by atomic mass is 35.5. The number of aromatic nitrogens is 2. The zero-order chi connectivity index (χ0) is 23.3. The molecule has 3 rings (SSSR count). The van der Waals surface area contributed by atoms with Crippen molar-refractivity contribution in [2.75, 3.05) is 17.1 Å². The Morgan fingerprint density at radius 1 is 1.09 bits per heavy atom. The summed E-state index contributed by atoms with van der Waals surface area (Å²) in [7, 11) is -2.42. The van der Waals surface area contributed by atoms with E-state index in [-0.39, 0.29) is 27.5 Å². The normalized spacial score (nSPS) is 11.2. The quantitative estimate of drug-likeness (QED) is 0.504. The number of nitrogens with zero attached hydrogens (tertiary/aromatic N) is 2. The average molecular weight is 477 g/mol. The van der Waals surface area contributed by atoms with E-state index in [9.17, 15) is 13.2 Å². The number of anilines is 2. The Bertz CT molecular complexity index is 1200. The standard InChI is InChI=1S/C21H21ClN4O5S/c1-13(2)31-19-17(22)11-14(12-18(19)30-3)20(27)25-15-5-7-16(8-6-15)32(28,29)26-21-23-9-4-10-24-21/h4-13H,1-3H3,(H,25,27)(H,23,24,26). The first-order valence-electron chi connectivity index (χ1n) is 9.45. The largest absolute Gasteiger partial charge is 0.493 e. The Morgan fingerprint density at radius 3 is 2.34 bits per heavy atom. The van der Waals surface area contributed by atoms with Crippen LogP contribution >= 0.6 is 11.6 Å². The summed E-state index contributed by atoms with van der Waals surface area (Å²) in [5.41, 5.74) is 0.644. The van der Waals surface area contributed by atoms with Crippen LogP contribution in [0.4, 0.5) is 11.6 Å². The highest BCUT2D eigenvalue weighted by molar-refractivity contribution is 7.92. The lowest BCUT2D eigenvalue weighted by Crippen LogP contribution is -2.15. The number of rotatable bonds is 8. The summed E-state index contributed by atoms with van der Waals surface area (Å²) in [4.78, 5) is 20.3. The fraction of sp³-hybridized carbons (Fsp3) is 0.190. The Labute approximate surface area is 190 Å².